The molecule has 0 unspecified atom stereocenters. The third kappa shape index (κ3) is 1.79. The minimum atomic E-state index is 0.0365. The summed E-state index contributed by atoms with van der Waals surface area (Å²) in [5.41, 5.74) is 2.29. The fourth-order valence-corrected chi connectivity index (χ4v) is 3.51. The van der Waals surface area contributed by atoms with Crippen molar-refractivity contribution in [3.05, 3.63) is 40.9 Å². The largest absolute Gasteiger partial charge is 0.395 e. The molecule has 0 atom stereocenters. The number of rotatable bonds is 3. The van der Waals surface area contributed by atoms with Crippen LogP contribution in [0.1, 0.15) is 23.4 Å². The van der Waals surface area contributed by atoms with Gasteiger partial charge in [-0.2, -0.15) is 0 Å². The van der Waals surface area contributed by atoms with Gasteiger partial charge in [-0.3, -0.25) is 0 Å². The van der Waals surface area contributed by atoms with Crippen LogP contribution in [0.4, 0.5) is 0 Å². The number of aromatic nitrogens is 1. The van der Waals surface area contributed by atoms with Crippen LogP contribution in [0.2, 0.25) is 0 Å². The van der Waals surface area contributed by atoms with Gasteiger partial charge < -0.3 is 5.11 Å². The first kappa shape index (κ1) is 10.9. The summed E-state index contributed by atoms with van der Waals surface area (Å²) in [6, 6.07) is 10.2. The fourth-order valence-electron chi connectivity index (χ4n) is 2.20. The van der Waals surface area contributed by atoms with Gasteiger partial charge in [0.05, 0.1) is 12.3 Å². The molecular weight excluding hydrogens is 230 g/mol. The zero-order valence-corrected chi connectivity index (χ0v) is 10.6. The third-order valence-corrected chi connectivity index (χ3v) is 4.91. The summed E-state index contributed by atoms with van der Waals surface area (Å²) in [7, 11) is 0. The molecule has 3 rings (SSSR count). The van der Waals surface area contributed by atoms with Gasteiger partial charge in [0.15, 0.2) is 0 Å². The lowest BCUT2D eigenvalue weighted by Crippen LogP contribution is -2.11. The molecule has 1 aliphatic carbocycles. The van der Waals surface area contributed by atoms with Crippen LogP contribution in [0.5, 0.6) is 0 Å². The van der Waals surface area contributed by atoms with Crippen molar-refractivity contribution in [2.45, 2.75) is 25.2 Å². The molecule has 0 radical (unpaired) electrons. The Hall–Kier alpha value is -1.19. The predicted molar refractivity (Wildman–Crippen MR) is 70.3 cm³/mol. The third-order valence-electron chi connectivity index (χ3n) is 3.46. The number of hydrogen-bond acceptors (Lipinski definition) is 3. The van der Waals surface area contributed by atoms with Crippen molar-refractivity contribution in [2.24, 2.45) is 0 Å². The Labute approximate surface area is 105 Å². The van der Waals surface area contributed by atoms with E-state index >= 15 is 0 Å². The lowest BCUT2D eigenvalue weighted by Gasteiger charge is -2.08. The number of aryl methyl sites for hydroxylation is 1. The number of hydrogen-bond donors (Lipinski definition) is 1. The van der Waals surface area contributed by atoms with E-state index in [1.54, 1.807) is 11.3 Å². The van der Waals surface area contributed by atoms with Gasteiger partial charge in [0, 0.05) is 15.9 Å². The second kappa shape index (κ2) is 3.93. The molecule has 0 saturated heterocycles. The van der Waals surface area contributed by atoms with Gasteiger partial charge in [0.1, 0.15) is 5.01 Å². The molecule has 0 bridgehead atoms. The number of thiazole rings is 1. The van der Waals surface area contributed by atoms with E-state index in [1.165, 1.54) is 10.4 Å². The zero-order valence-electron chi connectivity index (χ0n) is 9.81. The highest BCUT2D eigenvalue weighted by Gasteiger charge is 2.46. The molecule has 3 heteroatoms. The van der Waals surface area contributed by atoms with Crippen molar-refractivity contribution in [3.8, 4) is 10.6 Å². The Morgan fingerprint density at radius 3 is 2.59 bits per heavy atom. The number of aliphatic hydroxyl groups excluding tert-OH is 1. The van der Waals surface area contributed by atoms with E-state index in [-0.39, 0.29) is 12.0 Å². The molecule has 1 aromatic heterocycles. The van der Waals surface area contributed by atoms with Crippen molar-refractivity contribution < 1.29 is 5.11 Å². The lowest BCUT2D eigenvalue weighted by molar-refractivity contribution is 0.256. The molecule has 0 aliphatic heterocycles. The highest BCUT2D eigenvalue weighted by molar-refractivity contribution is 7.15. The van der Waals surface area contributed by atoms with Crippen LogP contribution >= 0.6 is 11.3 Å². The molecular formula is C14H15NOS. The average Bonchev–Trinajstić information content (AvgIpc) is 3.07. The number of benzene rings is 1. The van der Waals surface area contributed by atoms with Crippen molar-refractivity contribution in [2.75, 3.05) is 6.61 Å². The van der Waals surface area contributed by atoms with Gasteiger partial charge in [0.2, 0.25) is 0 Å². The van der Waals surface area contributed by atoms with Gasteiger partial charge in [0.25, 0.3) is 0 Å². The molecule has 2 nitrogen and oxygen atoms in total. The van der Waals surface area contributed by atoms with Crippen molar-refractivity contribution in [3.63, 3.8) is 0 Å². The maximum atomic E-state index is 9.49. The summed E-state index contributed by atoms with van der Waals surface area (Å²) in [4.78, 5) is 5.92. The Bertz CT molecular complexity index is 528. The minimum Gasteiger partial charge on any atom is -0.395 e. The van der Waals surface area contributed by atoms with E-state index in [4.69, 9.17) is 0 Å². The Morgan fingerprint density at radius 1 is 1.29 bits per heavy atom. The summed E-state index contributed by atoms with van der Waals surface area (Å²) >= 11 is 1.74. The molecule has 1 heterocycles. The van der Waals surface area contributed by atoms with E-state index < -0.39 is 0 Å². The first-order valence-corrected chi connectivity index (χ1v) is 6.71. The van der Waals surface area contributed by atoms with Gasteiger partial charge in [-0.15, -0.1) is 11.3 Å². The summed E-state index contributed by atoms with van der Waals surface area (Å²) in [5, 5.41) is 10.6. The van der Waals surface area contributed by atoms with Crippen molar-refractivity contribution in [1.82, 2.24) is 4.98 Å². The second-order valence-electron chi connectivity index (χ2n) is 4.74. The van der Waals surface area contributed by atoms with Crippen LogP contribution in [0.3, 0.4) is 0 Å². The van der Waals surface area contributed by atoms with Gasteiger partial charge in [-0.1, -0.05) is 30.3 Å². The molecule has 1 N–H and O–H groups in total. The van der Waals surface area contributed by atoms with Gasteiger partial charge in [-0.05, 0) is 19.8 Å². The van der Waals surface area contributed by atoms with Gasteiger partial charge in [-0.25, -0.2) is 4.98 Å². The van der Waals surface area contributed by atoms with E-state index in [2.05, 4.69) is 17.1 Å². The highest BCUT2D eigenvalue weighted by Crippen LogP contribution is 2.51. The molecule has 1 saturated carbocycles. The predicted octanol–water partition coefficient (Wildman–Crippen LogP) is 3.14. The molecule has 1 fully saturated rings. The van der Waals surface area contributed by atoms with Gasteiger partial charge >= 0.3 is 0 Å². The molecule has 0 spiro atoms. The number of nitrogens with zero attached hydrogens (tertiary/aromatic N) is 1. The first-order valence-electron chi connectivity index (χ1n) is 5.89. The maximum Gasteiger partial charge on any atom is 0.123 e. The van der Waals surface area contributed by atoms with E-state index in [9.17, 15) is 5.11 Å². The number of aliphatic hydroxyl groups is 1. The van der Waals surface area contributed by atoms with Crippen molar-refractivity contribution >= 4 is 11.3 Å². The minimum absolute atomic E-state index is 0.0365. The first-order chi connectivity index (χ1) is 8.25. The van der Waals surface area contributed by atoms with E-state index in [0.29, 0.717) is 0 Å². The topological polar surface area (TPSA) is 33.1 Å². The molecule has 1 aromatic carbocycles. The summed E-state index contributed by atoms with van der Waals surface area (Å²) in [6.45, 7) is 2.30. The molecule has 2 aromatic rings. The van der Waals surface area contributed by atoms with Crippen LogP contribution in [-0.4, -0.2) is 16.7 Å². The average molecular weight is 245 g/mol. The quantitative estimate of drug-likeness (QED) is 0.901. The normalized spacial score (nSPS) is 17.1. The monoisotopic (exact) mass is 245 g/mol. The van der Waals surface area contributed by atoms with Crippen LogP contribution < -0.4 is 0 Å². The Kier molecular flexibility index (Phi) is 2.53. The van der Waals surface area contributed by atoms with E-state index in [1.807, 2.05) is 25.1 Å². The Morgan fingerprint density at radius 2 is 2.00 bits per heavy atom. The molecule has 0 amide bonds. The standard InChI is InChI=1S/C14H15NOS/c1-10-12(14(9-16)7-8-14)17-13(15-10)11-5-3-2-4-6-11/h2-6,16H,7-9H2,1H3. The summed E-state index contributed by atoms with van der Waals surface area (Å²) in [6.07, 6.45) is 2.20. The SMILES string of the molecule is Cc1nc(-c2ccccc2)sc1C1(CO)CC1. The maximum absolute atomic E-state index is 9.49. The smallest absolute Gasteiger partial charge is 0.123 e. The molecule has 17 heavy (non-hydrogen) atoms. The highest BCUT2D eigenvalue weighted by atomic mass is 32.1. The van der Waals surface area contributed by atoms with Crippen LogP contribution in [0.15, 0.2) is 30.3 Å². The lowest BCUT2D eigenvalue weighted by atomic mass is 10.1. The fraction of sp³-hybridized carbons (Fsp3) is 0.357. The summed E-state index contributed by atoms with van der Waals surface area (Å²) in [5.74, 6) is 0. The molecule has 1 aliphatic rings. The van der Waals surface area contributed by atoms with Crippen LogP contribution in [0, 0.1) is 6.92 Å². The van der Waals surface area contributed by atoms with Crippen molar-refractivity contribution in [1.29, 1.82) is 0 Å². The van der Waals surface area contributed by atoms with Crippen LogP contribution in [0.25, 0.3) is 10.6 Å². The summed E-state index contributed by atoms with van der Waals surface area (Å²) < 4.78 is 0. The van der Waals surface area contributed by atoms with Crippen LogP contribution in [-0.2, 0) is 5.41 Å². The Balaban J connectivity index is 2.02. The van der Waals surface area contributed by atoms with E-state index in [0.717, 1.165) is 23.5 Å². The zero-order chi connectivity index (χ0) is 11.9. The molecule has 88 valence electrons. The second-order valence-corrected chi connectivity index (χ2v) is 5.74.